The minimum absolute atomic E-state index is 0.0175. The van der Waals surface area contributed by atoms with E-state index in [1.807, 2.05) is 38.1 Å². The number of carbonyl (C=O) groups excluding carboxylic acids is 1. The zero-order valence-corrected chi connectivity index (χ0v) is 14.3. The summed E-state index contributed by atoms with van der Waals surface area (Å²) < 4.78 is 5.22. The molecular weight excluding hydrogens is 292 g/mol. The normalized spacial score (nSPS) is 25.0. The van der Waals surface area contributed by atoms with Crippen molar-refractivity contribution >= 4 is 6.03 Å². The van der Waals surface area contributed by atoms with Gasteiger partial charge < -0.3 is 20.5 Å². The number of urea groups is 1. The second-order valence-corrected chi connectivity index (χ2v) is 6.83. The van der Waals surface area contributed by atoms with E-state index < -0.39 is 0 Å². The van der Waals surface area contributed by atoms with Crippen molar-refractivity contribution in [3.8, 4) is 5.75 Å². The molecule has 1 aromatic rings. The van der Waals surface area contributed by atoms with Crippen LogP contribution < -0.4 is 15.4 Å². The molecule has 2 rings (SSSR count). The molecule has 1 saturated carbocycles. The van der Waals surface area contributed by atoms with E-state index in [2.05, 4.69) is 10.6 Å². The van der Waals surface area contributed by atoms with Crippen LogP contribution in [0.1, 0.15) is 38.7 Å². The van der Waals surface area contributed by atoms with Gasteiger partial charge in [0.15, 0.2) is 0 Å². The van der Waals surface area contributed by atoms with Gasteiger partial charge in [0.1, 0.15) is 5.75 Å². The fourth-order valence-corrected chi connectivity index (χ4v) is 3.30. The Morgan fingerprint density at radius 1 is 1.52 bits per heavy atom. The lowest BCUT2D eigenvalue weighted by molar-refractivity contribution is 0.121. The van der Waals surface area contributed by atoms with Gasteiger partial charge in [-0.2, -0.15) is 0 Å². The van der Waals surface area contributed by atoms with Crippen LogP contribution in [0.4, 0.5) is 4.79 Å². The van der Waals surface area contributed by atoms with Crippen LogP contribution in [0.3, 0.4) is 0 Å². The van der Waals surface area contributed by atoms with Crippen molar-refractivity contribution in [2.45, 2.75) is 51.6 Å². The van der Waals surface area contributed by atoms with Crippen LogP contribution in [0.5, 0.6) is 5.75 Å². The number of aliphatic hydroxyl groups excluding tert-OH is 1. The summed E-state index contributed by atoms with van der Waals surface area (Å²) in [5.74, 6) is 0.823. The summed E-state index contributed by atoms with van der Waals surface area (Å²) in [6.07, 6.45) is 3.66. The second kappa shape index (κ2) is 7.68. The first kappa shape index (κ1) is 17.6. The number of methoxy groups -OCH3 is 1. The SMILES string of the molecule is COc1cccc(CC(C)NC(=O)NC2CCCC2(C)CO)c1. The van der Waals surface area contributed by atoms with Gasteiger partial charge in [-0.05, 0) is 43.9 Å². The zero-order chi connectivity index (χ0) is 16.9. The Labute approximate surface area is 138 Å². The molecule has 23 heavy (non-hydrogen) atoms. The lowest BCUT2D eigenvalue weighted by Crippen LogP contribution is -2.50. The van der Waals surface area contributed by atoms with Gasteiger partial charge in [-0.3, -0.25) is 0 Å². The molecule has 0 aromatic heterocycles. The molecule has 3 atom stereocenters. The number of carbonyl (C=O) groups is 1. The quantitative estimate of drug-likeness (QED) is 0.754. The van der Waals surface area contributed by atoms with E-state index in [1.165, 1.54) is 0 Å². The number of aliphatic hydroxyl groups is 1. The van der Waals surface area contributed by atoms with Gasteiger partial charge in [0.2, 0.25) is 0 Å². The minimum atomic E-state index is -0.201. The smallest absolute Gasteiger partial charge is 0.315 e. The third kappa shape index (κ3) is 4.61. The van der Waals surface area contributed by atoms with Crippen LogP contribution in [0.2, 0.25) is 0 Å². The zero-order valence-electron chi connectivity index (χ0n) is 14.3. The number of hydrogen-bond donors (Lipinski definition) is 3. The topological polar surface area (TPSA) is 70.6 Å². The molecule has 5 nitrogen and oxygen atoms in total. The standard InChI is InChI=1S/C18H28N2O3/c1-13(10-14-6-4-7-15(11-14)23-3)19-17(22)20-16-8-5-9-18(16,2)12-21/h4,6-7,11,13,16,21H,5,8-10,12H2,1-3H3,(H2,19,20,22). The predicted octanol–water partition coefficient (Wildman–Crippen LogP) is 2.48. The van der Waals surface area contributed by atoms with E-state index in [0.29, 0.717) is 0 Å². The van der Waals surface area contributed by atoms with Crippen molar-refractivity contribution in [2.24, 2.45) is 5.41 Å². The van der Waals surface area contributed by atoms with Gasteiger partial charge in [-0.1, -0.05) is 25.5 Å². The van der Waals surface area contributed by atoms with Crippen molar-refractivity contribution in [3.63, 3.8) is 0 Å². The molecule has 2 amide bonds. The van der Waals surface area contributed by atoms with Gasteiger partial charge in [0, 0.05) is 17.5 Å². The van der Waals surface area contributed by atoms with E-state index in [0.717, 1.165) is 37.0 Å². The molecule has 5 heteroatoms. The first-order valence-corrected chi connectivity index (χ1v) is 8.27. The summed E-state index contributed by atoms with van der Waals surface area (Å²) in [5, 5.41) is 15.6. The summed E-state index contributed by atoms with van der Waals surface area (Å²) in [5.41, 5.74) is 0.922. The number of ether oxygens (including phenoxy) is 1. The molecule has 0 aliphatic heterocycles. The monoisotopic (exact) mass is 320 g/mol. The molecule has 1 aromatic carbocycles. The summed E-state index contributed by atoms with van der Waals surface area (Å²) in [4.78, 5) is 12.2. The van der Waals surface area contributed by atoms with Crippen molar-refractivity contribution < 1.29 is 14.6 Å². The molecule has 0 bridgehead atoms. The molecule has 1 fully saturated rings. The molecule has 3 unspecified atom stereocenters. The minimum Gasteiger partial charge on any atom is -0.497 e. The molecule has 3 N–H and O–H groups in total. The summed E-state index contributed by atoms with van der Waals surface area (Å²) in [6.45, 7) is 4.13. The molecule has 0 heterocycles. The van der Waals surface area contributed by atoms with Crippen LogP contribution >= 0.6 is 0 Å². The lowest BCUT2D eigenvalue weighted by Gasteiger charge is -2.30. The summed E-state index contributed by atoms with van der Waals surface area (Å²) >= 11 is 0. The van der Waals surface area contributed by atoms with Crippen molar-refractivity contribution in [1.82, 2.24) is 10.6 Å². The van der Waals surface area contributed by atoms with Gasteiger partial charge >= 0.3 is 6.03 Å². The van der Waals surface area contributed by atoms with Gasteiger partial charge in [0.05, 0.1) is 13.7 Å². The molecule has 1 aliphatic rings. The van der Waals surface area contributed by atoms with Crippen molar-refractivity contribution in [1.29, 1.82) is 0 Å². The van der Waals surface area contributed by atoms with E-state index in [1.54, 1.807) is 7.11 Å². The predicted molar refractivity (Wildman–Crippen MR) is 90.7 cm³/mol. The Morgan fingerprint density at radius 2 is 2.30 bits per heavy atom. The third-order valence-corrected chi connectivity index (χ3v) is 4.80. The largest absolute Gasteiger partial charge is 0.497 e. The number of nitrogens with one attached hydrogen (secondary N) is 2. The maximum absolute atomic E-state index is 12.2. The summed E-state index contributed by atoms with van der Waals surface area (Å²) in [6, 6.07) is 7.76. The molecule has 128 valence electrons. The Hall–Kier alpha value is -1.75. The van der Waals surface area contributed by atoms with Crippen LogP contribution in [-0.2, 0) is 6.42 Å². The maximum Gasteiger partial charge on any atom is 0.315 e. The number of amides is 2. The van der Waals surface area contributed by atoms with Crippen LogP contribution in [0, 0.1) is 5.41 Å². The lowest BCUT2D eigenvalue weighted by atomic mass is 9.86. The first-order valence-electron chi connectivity index (χ1n) is 8.27. The molecule has 1 aliphatic carbocycles. The maximum atomic E-state index is 12.2. The third-order valence-electron chi connectivity index (χ3n) is 4.80. The second-order valence-electron chi connectivity index (χ2n) is 6.83. The Bertz CT molecular complexity index is 535. The number of benzene rings is 1. The van der Waals surface area contributed by atoms with Gasteiger partial charge in [-0.15, -0.1) is 0 Å². The highest BCUT2D eigenvalue weighted by Crippen LogP contribution is 2.37. The van der Waals surface area contributed by atoms with E-state index in [-0.39, 0.29) is 30.1 Å². The highest BCUT2D eigenvalue weighted by Gasteiger charge is 2.39. The van der Waals surface area contributed by atoms with Crippen molar-refractivity contribution in [2.75, 3.05) is 13.7 Å². The first-order chi connectivity index (χ1) is 11.0. The average molecular weight is 320 g/mol. The van der Waals surface area contributed by atoms with Gasteiger partial charge in [-0.25, -0.2) is 4.79 Å². The Kier molecular flexibility index (Phi) is 5.88. The summed E-state index contributed by atoms with van der Waals surface area (Å²) in [7, 11) is 1.65. The fourth-order valence-electron chi connectivity index (χ4n) is 3.30. The van der Waals surface area contributed by atoms with Crippen LogP contribution in [-0.4, -0.2) is 36.9 Å². The number of hydrogen-bond acceptors (Lipinski definition) is 3. The van der Waals surface area contributed by atoms with Crippen LogP contribution in [0.15, 0.2) is 24.3 Å². The fraction of sp³-hybridized carbons (Fsp3) is 0.611. The highest BCUT2D eigenvalue weighted by molar-refractivity contribution is 5.74. The molecule has 0 saturated heterocycles. The van der Waals surface area contributed by atoms with E-state index in [4.69, 9.17) is 4.74 Å². The molecular formula is C18H28N2O3. The van der Waals surface area contributed by atoms with Crippen molar-refractivity contribution in [3.05, 3.63) is 29.8 Å². The molecule has 0 radical (unpaired) electrons. The van der Waals surface area contributed by atoms with Gasteiger partial charge in [0.25, 0.3) is 0 Å². The average Bonchev–Trinajstić information content (AvgIpc) is 2.88. The number of rotatable bonds is 6. The van der Waals surface area contributed by atoms with E-state index >= 15 is 0 Å². The van der Waals surface area contributed by atoms with Crippen LogP contribution in [0.25, 0.3) is 0 Å². The highest BCUT2D eigenvalue weighted by atomic mass is 16.5. The molecule has 0 spiro atoms. The Morgan fingerprint density at radius 3 is 3.00 bits per heavy atom. The van der Waals surface area contributed by atoms with E-state index in [9.17, 15) is 9.90 Å². The Balaban J connectivity index is 1.85.